The number of carbonyl (C=O) groups is 1. The van der Waals surface area contributed by atoms with Gasteiger partial charge in [0.1, 0.15) is 11.4 Å². The maximum Gasteiger partial charge on any atom is 0.272 e. The number of aromatic nitrogens is 2. The first-order valence-corrected chi connectivity index (χ1v) is 9.86. The SMILES string of the molecule is CCOc1ccc(CNC(=O)CCn2c(=O)c(C)nc3cc(C)c(C)cc32)cc1. The highest BCUT2D eigenvalue weighted by Gasteiger charge is 2.11. The van der Waals surface area contributed by atoms with E-state index in [0.29, 0.717) is 25.4 Å². The fourth-order valence-electron chi connectivity index (χ4n) is 3.22. The van der Waals surface area contributed by atoms with Crippen molar-refractivity contribution < 1.29 is 9.53 Å². The van der Waals surface area contributed by atoms with Crippen LogP contribution in [0.25, 0.3) is 11.0 Å². The molecule has 6 nitrogen and oxygen atoms in total. The number of hydrogen-bond acceptors (Lipinski definition) is 4. The second kappa shape index (κ2) is 8.90. The van der Waals surface area contributed by atoms with Gasteiger partial charge in [0.05, 0.1) is 17.6 Å². The van der Waals surface area contributed by atoms with E-state index in [9.17, 15) is 9.59 Å². The number of carbonyl (C=O) groups excluding carboxylic acids is 1. The van der Waals surface area contributed by atoms with Crippen LogP contribution in [-0.4, -0.2) is 22.1 Å². The molecule has 3 rings (SSSR count). The smallest absolute Gasteiger partial charge is 0.272 e. The van der Waals surface area contributed by atoms with Crippen molar-refractivity contribution >= 4 is 16.9 Å². The molecule has 1 amide bonds. The van der Waals surface area contributed by atoms with E-state index < -0.39 is 0 Å². The van der Waals surface area contributed by atoms with Crippen molar-refractivity contribution in [1.82, 2.24) is 14.9 Å². The third-order valence-corrected chi connectivity index (χ3v) is 5.01. The van der Waals surface area contributed by atoms with Gasteiger partial charge in [-0.05, 0) is 68.7 Å². The molecule has 2 aromatic carbocycles. The topological polar surface area (TPSA) is 73.2 Å². The number of benzene rings is 2. The van der Waals surface area contributed by atoms with Gasteiger partial charge in [0.25, 0.3) is 5.56 Å². The number of fused-ring (bicyclic) bond motifs is 1. The summed E-state index contributed by atoms with van der Waals surface area (Å²) in [5.74, 6) is 0.713. The van der Waals surface area contributed by atoms with Crippen molar-refractivity contribution in [3.05, 3.63) is 69.1 Å². The van der Waals surface area contributed by atoms with E-state index in [1.807, 2.05) is 57.2 Å². The molecule has 0 fully saturated rings. The zero-order valence-corrected chi connectivity index (χ0v) is 17.4. The molecule has 152 valence electrons. The zero-order valence-electron chi connectivity index (χ0n) is 17.4. The molecule has 3 aromatic rings. The molecule has 0 atom stereocenters. The fourth-order valence-corrected chi connectivity index (χ4v) is 3.22. The molecule has 6 heteroatoms. The second-order valence-corrected chi connectivity index (χ2v) is 7.18. The molecule has 29 heavy (non-hydrogen) atoms. The van der Waals surface area contributed by atoms with Gasteiger partial charge < -0.3 is 14.6 Å². The van der Waals surface area contributed by atoms with Crippen LogP contribution in [-0.2, 0) is 17.9 Å². The minimum absolute atomic E-state index is 0.0998. The Morgan fingerprint density at radius 2 is 1.79 bits per heavy atom. The molecule has 0 aliphatic heterocycles. The lowest BCUT2D eigenvalue weighted by atomic mass is 10.1. The summed E-state index contributed by atoms with van der Waals surface area (Å²) >= 11 is 0. The van der Waals surface area contributed by atoms with E-state index in [2.05, 4.69) is 10.3 Å². The molecular formula is C23H27N3O3. The third kappa shape index (κ3) is 4.83. The third-order valence-electron chi connectivity index (χ3n) is 5.01. The number of nitrogens with one attached hydrogen (secondary N) is 1. The first kappa shape index (κ1) is 20.6. The molecule has 1 N–H and O–H groups in total. The van der Waals surface area contributed by atoms with Crippen molar-refractivity contribution in [2.45, 2.75) is 47.2 Å². The number of ether oxygens (including phenoxy) is 1. The van der Waals surface area contributed by atoms with Crippen LogP contribution >= 0.6 is 0 Å². The number of nitrogens with zero attached hydrogens (tertiary/aromatic N) is 2. The number of hydrogen-bond donors (Lipinski definition) is 1. The molecule has 0 saturated carbocycles. The predicted molar refractivity (Wildman–Crippen MR) is 114 cm³/mol. The maximum absolute atomic E-state index is 12.6. The molecule has 0 spiro atoms. The van der Waals surface area contributed by atoms with Gasteiger partial charge in [-0.2, -0.15) is 0 Å². The molecule has 1 aromatic heterocycles. The standard InChI is InChI=1S/C23H27N3O3/c1-5-29-19-8-6-18(7-9-19)14-24-22(27)10-11-26-21-13-16(3)15(2)12-20(21)25-17(4)23(26)28/h6-9,12-13H,5,10-11,14H2,1-4H3,(H,24,27). The summed E-state index contributed by atoms with van der Waals surface area (Å²) in [6.07, 6.45) is 0.225. The summed E-state index contributed by atoms with van der Waals surface area (Å²) in [6.45, 7) is 9.06. The summed E-state index contributed by atoms with van der Waals surface area (Å²) in [5, 5.41) is 2.91. The van der Waals surface area contributed by atoms with Crippen LogP contribution in [0.5, 0.6) is 5.75 Å². The first-order chi connectivity index (χ1) is 13.9. The second-order valence-electron chi connectivity index (χ2n) is 7.18. The maximum atomic E-state index is 12.6. The van der Waals surface area contributed by atoms with Gasteiger partial charge in [0, 0.05) is 19.5 Å². The lowest BCUT2D eigenvalue weighted by Gasteiger charge is -2.13. The summed E-state index contributed by atoms with van der Waals surface area (Å²) in [7, 11) is 0. The van der Waals surface area contributed by atoms with Crippen molar-refractivity contribution in [2.24, 2.45) is 0 Å². The Hall–Kier alpha value is -3.15. The molecular weight excluding hydrogens is 366 g/mol. The normalized spacial score (nSPS) is 10.9. The van der Waals surface area contributed by atoms with Crippen LogP contribution in [0.15, 0.2) is 41.2 Å². The summed E-state index contributed by atoms with van der Waals surface area (Å²) in [4.78, 5) is 29.4. The number of aryl methyl sites for hydroxylation is 4. The van der Waals surface area contributed by atoms with Crippen molar-refractivity contribution in [3.8, 4) is 5.75 Å². The predicted octanol–water partition coefficient (Wildman–Crippen LogP) is 3.43. The minimum atomic E-state index is -0.153. The highest BCUT2D eigenvalue weighted by molar-refractivity contribution is 5.78. The van der Waals surface area contributed by atoms with E-state index in [4.69, 9.17) is 4.74 Å². The molecule has 0 bridgehead atoms. The first-order valence-electron chi connectivity index (χ1n) is 9.86. The van der Waals surface area contributed by atoms with Crippen LogP contribution in [0.3, 0.4) is 0 Å². The molecule has 0 aliphatic carbocycles. The molecule has 0 radical (unpaired) electrons. The van der Waals surface area contributed by atoms with Crippen LogP contribution < -0.4 is 15.6 Å². The van der Waals surface area contributed by atoms with Gasteiger partial charge in [-0.1, -0.05) is 12.1 Å². The number of amides is 1. The average Bonchev–Trinajstić information content (AvgIpc) is 2.70. The summed E-state index contributed by atoms with van der Waals surface area (Å²) in [6, 6.07) is 11.6. The largest absolute Gasteiger partial charge is 0.494 e. The van der Waals surface area contributed by atoms with Gasteiger partial charge in [-0.3, -0.25) is 9.59 Å². The van der Waals surface area contributed by atoms with E-state index in [1.54, 1.807) is 11.5 Å². The Morgan fingerprint density at radius 3 is 2.48 bits per heavy atom. The number of rotatable bonds is 7. The Labute approximate surface area is 170 Å². The Morgan fingerprint density at radius 1 is 1.10 bits per heavy atom. The van der Waals surface area contributed by atoms with Gasteiger partial charge in [0.2, 0.25) is 5.91 Å². The van der Waals surface area contributed by atoms with Crippen molar-refractivity contribution in [1.29, 1.82) is 0 Å². The highest BCUT2D eigenvalue weighted by atomic mass is 16.5. The van der Waals surface area contributed by atoms with E-state index in [0.717, 1.165) is 33.5 Å². The van der Waals surface area contributed by atoms with Crippen LogP contribution in [0, 0.1) is 20.8 Å². The van der Waals surface area contributed by atoms with Gasteiger partial charge in [0.15, 0.2) is 0 Å². The zero-order chi connectivity index (χ0) is 21.0. The monoisotopic (exact) mass is 393 g/mol. The molecule has 1 heterocycles. The Kier molecular flexibility index (Phi) is 6.32. The molecule has 0 saturated heterocycles. The quantitative estimate of drug-likeness (QED) is 0.667. The van der Waals surface area contributed by atoms with Crippen molar-refractivity contribution in [2.75, 3.05) is 6.61 Å². The summed E-state index contributed by atoms with van der Waals surface area (Å²) < 4.78 is 7.07. The fraction of sp³-hybridized carbons (Fsp3) is 0.348. The van der Waals surface area contributed by atoms with Crippen molar-refractivity contribution in [3.63, 3.8) is 0 Å². The van der Waals surface area contributed by atoms with E-state index >= 15 is 0 Å². The van der Waals surface area contributed by atoms with Gasteiger partial charge >= 0.3 is 0 Å². The Bertz CT molecular complexity index is 1090. The summed E-state index contributed by atoms with van der Waals surface area (Å²) in [5.41, 5.74) is 5.05. The minimum Gasteiger partial charge on any atom is -0.494 e. The lowest BCUT2D eigenvalue weighted by Crippen LogP contribution is -2.29. The molecule has 0 aliphatic rings. The van der Waals surface area contributed by atoms with Gasteiger partial charge in [-0.25, -0.2) is 4.98 Å². The van der Waals surface area contributed by atoms with Crippen LogP contribution in [0.2, 0.25) is 0 Å². The van der Waals surface area contributed by atoms with Crippen LogP contribution in [0.1, 0.15) is 35.7 Å². The lowest BCUT2D eigenvalue weighted by molar-refractivity contribution is -0.121. The van der Waals surface area contributed by atoms with E-state index in [1.165, 1.54) is 0 Å². The average molecular weight is 393 g/mol. The molecule has 0 unspecified atom stereocenters. The van der Waals surface area contributed by atoms with Crippen LogP contribution in [0.4, 0.5) is 0 Å². The Balaban J connectivity index is 1.68. The van der Waals surface area contributed by atoms with Gasteiger partial charge in [-0.15, -0.1) is 0 Å². The highest BCUT2D eigenvalue weighted by Crippen LogP contribution is 2.17. The van der Waals surface area contributed by atoms with E-state index in [-0.39, 0.29) is 17.9 Å².